The summed E-state index contributed by atoms with van der Waals surface area (Å²) in [5.41, 5.74) is 0.461. The van der Waals surface area contributed by atoms with Gasteiger partial charge >= 0.3 is 0 Å². The quantitative estimate of drug-likeness (QED) is 0.922. The molecular formula is C13H16N2O2S2. The summed E-state index contributed by atoms with van der Waals surface area (Å²) >= 11 is 1.92. The van der Waals surface area contributed by atoms with Gasteiger partial charge in [-0.15, -0.1) is 0 Å². The van der Waals surface area contributed by atoms with Crippen LogP contribution in [0.15, 0.2) is 29.2 Å². The predicted molar refractivity (Wildman–Crippen MR) is 76.4 cm³/mol. The maximum atomic E-state index is 12.1. The van der Waals surface area contributed by atoms with E-state index < -0.39 is 10.0 Å². The van der Waals surface area contributed by atoms with E-state index in [9.17, 15) is 8.42 Å². The van der Waals surface area contributed by atoms with E-state index in [0.29, 0.717) is 18.0 Å². The average molecular weight is 296 g/mol. The Bertz CT molecular complexity index is 555. The van der Waals surface area contributed by atoms with E-state index in [1.54, 1.807) is 0 Å². The molecule has 0 amide bonds. The summed E-state index contributed by atoms with van der Waals surface area (Å²) in [7, 11) is -3.45. The Kier molecular flexibility index (Phi) is 4.86. The first-order chi connectivity index (χ1) is 9.12. The van der Waals surface area contributed by atoms with Gasteiger partial charge in [0.05, 0.1) is 16.5 Å². The molecular weight excluding hydrogens is 280 g/mol. The molecule has 0 aromatic heterocycles. The molecule has 2 rings (SSSR count). The maximum absolute atomic E-state index is 12.1. The van der Waals surface area contributed by atoms with Crippen molar-refractivity contribution in [3.63, 3.8) is 0 Å². The standard InChI is InChI=1S/C13H16N2O2S2/c14-9-11-1-3-13(4-2-11)19(16,17)15-10-12-5-7-18-8-6-12/h1-4,12,15H,5-8,10H2. The molecule has 0 spiro atoms. The molecule has 0 bridgehead atoms. The normalized spacial score (nSPS) is 17.0. The summed E-state index contributed by atoms with van der Waals surface area (Å²) in [5.74, 6) is 2.67. The van der Waals surface area contributed by atoms with Crippen LogP contribution in [0.5, 0.6) is 0 Å². The first-order valence-corrected chi connectivity index (χ1v) is 8.83. The second kappa shape index (κ2) is 6.42. The largest absolute Gasteiger partial charge is 0.240 e. The van der Waals surface area contributed by atoms with Gasteiger partial charge in [-0.25, -0.2) is 13.1 Å². The van der Waals surface area contributed by atoms with Crippen molar-refractivity contribution >= 4 is 21.8 Å². The first-order valence-electron chi connectivity index (χ1n) is 6.19. The minimum absolute atomic E-state index is 0.219. The Morgan fingerprint density at radius 2 is 1.89 bits per heavy atom. The number of hydrogen-bond acceptors (Lipinski definition) is 4. The average Bonchev–Trinajstić information content (AvgIpc) is 2.46. The highest BCUT2D eigenvalue weighted by molar-refractivity contribution is 7.99. The van der Waals surface area contributed by atoms with Crippen LogP contribution in [0.4, 0.5) is 0 Å². The van der Waals surface area contributed by atoms with Crippen molar-refractivity contribution in [3.8, 4) is 6.07 Å². The van der Waals surface area contributed by atoms with E-state index in [1.165, 1.54) is 24.3 Å². The van der Waals surface area contributed by atoms with Gasteiger partial charge in [-0.3, -0.25) is 0 Å². The molecule has 0 atom stereocenters. The van der Waals surface area contributed by atoms with Crippen LogP contribution in [0, 0.1) is 17.2 Å². The first kappa shape index (κ1) is 14.4. The lowest BCUT2D eigenvalue weighted by atomic mass is 10.0. The van der Waals surface area contributed by atoms with Crippen molar-refractivity contribution < 1.29 is 8.42 Å². The zero-order valence-electron chi connectivity index (χ0n) is 10.5. The molecule has 1 saturated heterocycles. The molecule has 0 unspecified atom stereocenters. The maximum Gasteiger partial charge on any atom is 0.240 e. The molecule has 19 heavy (non-hydrogen) atoms. The van der Waals surface area contributed by atoms with Gasteiger partial charge in [-0.05, 0) is 54.5 Å². The molecule has 0 aliphatic carbocycles. The molecule has 0 radical (unpaired) electrons. The number of nitrogens with one attached hydrogen (secondary N) is 1. The van der Waals surface area contributed by atoms with E-state index in [1.807, 2.05) is 17.8 Å². The number of nitriles is 1. The van der Waals surface area contributed by atoms with E-state index in [0.717, 1.165) is 24.3 Å². The Balaban J connectivity index is 1.99. The molecule has 1 aromatic rings. The monoisotopic (exact) mass is 296 g/mol. The van der Waals surface area contributed by atoms with Gasteiger partial charge < -0.3 is 0 Å². The highest BCUT2D eigenvalue weighted by atomic mass is 32.2. The van der Waals surface area contributed by atoms with E-state index in [4.69, 9.17) is 5.26 Å². The molecule has 1 aromatic carbocycles. The van der Waals surface area contributed by atoms with Crippen LogP contribution in [-0.2, 0) is 10.0 Å². The Morgan fingerprint density at radius 1 is 1.26 bits per heavy atom. The lowest BCUT2D eigenvalue weighted by Crippen LogP contribution is -2.31. The SMILES string of the molecule is N#Cc1ccc(S(=O)(=O)NCC2CCSCC2)cc1. The van der Waals surface area contributed by atoms with Gasteiger partial charge in [-0.1, -0.05) is 0 Å². The lowest BCUT2D eigenvalue weighted by Gasteiger charge is -2.21. The number of thioether (sulfide) groups is 1. The summed E-state index contributed by atoms with van der Waals surface area (Å²) in [4.78, 5) is 0.219. The van der Waals surface area contributed by atoms with Gasteiger partial charge in [0, 0.05) is 6.54 Å². The lowest BCUT2D eigenvalue weighted by molar-refractivity contribution is 0.476. The van der Waals surface area contributed by atoms with Crippen molar-refractivity contribution in [1.82, 2.24) is 4.72 Å². The molecule has 102 valence electrons. The van der Waals surface area contributed by atoms with Crippen LogP contribution in [0.1, 0.15) is 18.4 Å². The molecule has 0 saturated carbocycles. The van der Waals surface area contributed by atoms with Crippen LogP contribution in [0.2, 0.25) is 0 Å². The number of nitrogens with zero attached hydrogens (tertiary/aromatic N) is 1. The summed E-state index contributed by atoms with van der Waals surface area (Å²) < 4.78 is 26.8. The topological polar surface area (TPSA) is 70.0 Å². The molecule has 1 aliphatic rings. The minimum Gasteiger partial charge on any atom is -0.211 e. The van der Waals surface area contributed by atoms with Crippen molar-refractivity contribution in [3.05, 3.63) is 29.8 Å². The minimum atomic E-state index is -3.45. The third-order valence-corrected chi connectivity index (χ3v) is 5.68. The molecule has 1 fully saturated rings. The highest BCUT2D eigenvalue weighted by Crippen LogP contribution is 2.22. The summed E-state index contributed by atoms with van der Waals surface area (Å²) in [6.07, 6.45) is 2.14. The van der Waals surface area contributed by atoms with Gasteiger partial charge in [0.1, 0.15) is 0 Å². The fraction of sp³-hybridized carbons (Fsp3) is 0.462. The number of hydrogen-bond donors (Lipinski definition) is 1. The van der Waals surface area contributed by atoms with Crippen LogP contribution < -0.4 is 4.72 Å². The fourth-order valence-electron chi connectivity index (χ4n) is 1.97. The van der Waals surface area contributed by atoms with Gasteiger partial charge in [0.2, 0.25) is 10.0 Å². The van der Waals surface area contributed by atoms with Crippen molar-refractivity contribution in [1.29, 1.82) is 5.26 Å². The molecule has 6 heteroatoms. The molecule has 1 aliphatic heterocycles. The zero-order chi connectivity index (χ0) is 13.7. The van der Waals surface area contributed by atoms with E-state index in [-0.39, 0.29) is 4.90 Å². The third-order valence-electron chi connectivity index (χ3n) is 3.20. The zero-order valence-corrected chi connectivity index (χ0v) is 12.1. The van der Waals surface area contributed by atoms with Crippen molar-refractivity contribution in [2.75, 3.05) is 18.1 Å². The van der Waals surface area contributed by atoms with E-state index in [2.05, 4.69) is 4.72 Å². The molecule has 1 N–H and O–H groups in total. The Hall–Kier alpha value is -1.03. The van der Waals surface area contributed by atoms with Crippen LogP contribution in [0.25, 0.3) is 0 Å². The van der Waals surface area contributed by atoms with Gasteiger partial charge in [-0.2, -0.15) is 17.0 Å². The van der Waals surface area contributed by atoms with Crippen LogP contribution >= 0.6 is 11.8 Å². The van der Waals surface area contributed by atoms with Crippen molar-refractivity contribution in [2.24, 2.45) is 5.92 Å². The number of benzene rings is 1. The summed E-state index contributed by atoms with van der Waals surface area (Å²) in [6, 6.07) is 7.95. The van der Waals surface area contributed by atoms with Gasteiger partial charge in [0.15, 0.2) is 0 Å². The summed E-state index contributed by atoms with van der Waals surface area (Å²) in [5, 5.41) is 8.69. The highest BCUT2D eigenvalue weighted by Gasteiger charge is 2.18. The second-order valence-electron chi connectivity index (χ2n) is 4.54. The smallest absolute Gasteiger partial charge is 0.211 e. The summed E-state index contributed by atoms with van der Waals surface area (Å²) in [6.45, 7) is 0.503. The Labute approximate surface area is 118 Å². The molecule has 1 heterocycles. The number of sulfonamides is 1. The van der Waals surface area contributed by atoms with Crippen molar-refractivity contribution in [2.45, 2.75) is 17.7 Å². The van der Waals surface area contributed by atoms with E-state index >= 15 is 0 Å². The van der Waals surface area contributed by atoms with Crippen LogP contribution in [-0.4, -0.2) is 26.5 Å². The number of rotatable bonds is 4. The van der Waals surface area contributed by atoms with Gasteiger partial charge in [0.25, 0.3) is 0 Å². The third kappa shape index (κ3) is 3.96. The molecule has 4 nitrogen and oxygen atoms in total. The predicted octanol–water partition coefficient (Wildman–Crippen LogP) is 1.98. The fourth-order valence-corrected chi connectivity index (χ4v) is 4.29. The van der Waals surface area contributed by atoms with Crippen LogP contribution in [0.3, 0.4) is 0 Å². The Morgan fingerprint density at radius 3 is 2.47 bits per heavy atom. The second-order valence-corrected chi connectivity index (χ2v) is 7.54.